The summed E-state index contributed by atoms with van der Waals surface area (Å²) in [6.07, 6.45) is 13.9. The van der Waals surface area contributed by atoms with E-state index in [4.69, 9.17) is 0 Å². The zero-order valence-electron chi connectivity index (χ0n) is 12.2. The number of nitrogens with zero attached hydrogens (tertiary/aromatic N) is 3. The number of allylic oxidation sites excluding steroid dienone is 2. The van der Waals surface area contributed by atoms with Crippen molar-refractivity contribution in [2.75, 3.05) is 0 Å². The highest BCUT2D eigenvalue weighted by molar-refractivity contribution is 6.10. The number of aromatic amines is 2. The van der Waals surface area contributed by atoms with Gasteiger partial charge in [0.25, 0.3) is 0 Å². The first kappa shape index (κ1) is 12.3. The van der Waals surface area contributed by atoms with Crippen LogP contribution in [0.25, 0.3) is 12.3 Å². The Morgan fingerprint density at radius 3 is 2.70 bits per heavy atom. The second kappa shape index (κ2) is 4.64. The van der Waals surface area contributed by atoms with E-state index in [9.17, 15) is 0 Å². The molecular weight excluding hydrogens is 286 g/mol. The maximum Gasteiger partial charge on any atom is 0.216 e. The maximum absolute atomic E-state index is 4.65. The Balaban J connectivity index is 1.69. The van der Waals surface area contributed by atoms with Crippen molar-refractivity contribution < 1.29 is 0 Å². The number of hydrogen-bond donors (Lipinski definition) is 2. The van der Waals surface area contributed by atoms with Gasteiger partial charge in [-0.1, -0.05) is 0 Å². The molecule has 0 saturated heterocycles. The summed E-state index contributed by atoms with van der Waals surface area (Å²) < 4.78 is 0. The predicted octanol–water partition coefficient (Wildman–Crippen LogP) is 1.21. The fraction of sp³-hybridized carbons (Fsp3) is 0. The number of nitrogens with one attached hydrogen (secondary N) is 2. The summed E-state index contributed by atoms with van der Waals surface area (Å²) in [4.78, 5) is 15.2. The van der Waals surface area contributed by atoms with E-state index in [-0.39, 0.29) is 0 Å². The molecule has 23 heavy (non-hydrogen) atoms. The van der Waals surface area contributed by atoms with Gasteiger partial charge in [0.2, 0.25) is 6.67 Å². The van der Waals surface area contributed by atoms with Crippen molar-refractivity contribution in [3.63, 3.8) is 0 Å². The number of aliphatic imine (C=N–C) groups is 1. The molecule has 5 rings (SSSR count). The molecule has 2 aromatic rings. The average molecular weight is 299 g/mol. The van der Waals surface area contributed by atoms with E-state index < -0.39 is 0 Å². The number of H-pyrrole nitrogens is 2. The number of fused-ring (bicyclic) bond motifs is 8. The third kappa shape index (κ3) is 2.23. The van der Waals surface area contributed by atoms with Crippen LogP contribution in [0.4, 0.5) is 0 Å². The molecule has 0 atom stereocenters. The highest BCUT2D eigenvalue weighted by Crippen LogP contribution is 2.19. The second-order valence-electron chi connectivity index (χ2n) is 5.57. The molecule has 0 aromatic carbocycles. The Hall–Kier alpha value is -3.21. The molecule has 3 aliphatic heterocycles. The topological polar surface area (TPSA) is 50.4 Å². The zero-order valence-corrected chi connectivity index (χ0v) is 12.2. The average Bonchev–Trinajstić information content (AvgIpc) is 3.28. The molecule has 0 unspecified atom stereocenters. The molecule has 0 spiro atoms. The second-order valence-corrected chi connectivity index (χ2v) is 5.57. The standard InChI is InChI=1S/C18H13N5/c1-2-15-10-22-7-8-23(12-22)11-16-4-6-18(21-16)17-5-3-14(20-17)9-13(1)19-15/h1-11,19-20H/b13-9-,15-10-,16-11-. The van der Waals surface area contributed by atoms with Gasteiger partial charge in [0, 0.05) is 35.8 Å². The SMILES string of the molecule is [C]1N2C=CN1/C=c1/cc/c([nH]1)=C/c1ccc([nH]1)C1=N/C(=C\2)C=C1. The van der Waals surface area contributed by atoms with Crippen LogP contribution in [0.3, 0.4) is 0 Å². The lowest BCUT2D eigenvalue weighted by Crippen LogP contribution is -2.16. The van der Waals surface area contributed by atoms with Crippen molar-refractivity contribution in [2.24, 2.45) is 4.99 Å². The minimum atomic E-state index is 0.899. The molecule has 2 radical (unpaired) electrons. The molecule has 8 bridgehead atoms. The van der Waals surface area contributed by atoms with E-state index in [0.717, 1.165) is 33.5 Å². The molecule has 3 aliphatic rings. The van der Waals surface area contributed by atoms with Crippen LogP contribution in [0.1, 0.15) is 11.4 Å². The first-order valence-corrected chi connectivity index (χ1v) is 7.40. The van der Waals surface area contributed by atoms with E-state index in [1.165, 1.54) is 0 Å². The summed E-state index contributed by atoms with van der Waals surface area (Å²) in [5.74, 6) is 0. The van der Waals surface area contributed by atoms with Crippen molar-refractivity contribution in [3.8, 4) is 0 Å². The van der Waals surface area contributed by atoms with Gasteiger partial charge < -0.3 is 19.8 Å². The molecule has 2 N–H and O–H groups in total. The van der Waals surface area contributed by atoms with Gasteiger partial charge in [-0.2, -0.15) is 0 Å². The van der Waals surface area contributed by atoms with Crippen LogP contribution >= 0.6 is 0 Å². The van der Waals surface area contributed by atoms with Crippen LogP contribution < -0.4 is 10.7 Å². The van der Waals surface area contributed by atoms with E-state index in [0.29, 0.717) is 0 Å². The van der Waals surface area contributed by atoms with Crippen molar-refractivity contribution in [1.29, 1.82) is 0 Å². The summed E-state index contributed by atoms with van der Waals surface area (Å²) in [5.41, 5.74) is 3.89. The Morgan fingerprint density at radius 1 is 0.870 bits per heavy atom. The molecule has 5 nitrogen and oxygen atoms in total. The van der Waals surface area contributed by atoms with Gasteiger partial charge in [-0.15, -0.1) is 0 Å². The summed E-state index contributed by atoms with van der Waals surface area (Å²) in [6.45, 7) is 3.22. The number of hydrogen-bond acceptors (Lipinski definition) is 3. The first-order valence-electron chi connectivity index (χ1n) is 7.40. The first-order chi connectivity index (χ1) is 11.3. The van der Waals surface area contributed by atoms with Gasteiger partial charge in [-0.05, 0) is 42.5 Å². The van der Waals surface area contributed by atoms with Gasteiger partial charge in [0.15, 0.2) is 0 Å². The Labute approximate surface area is 133 Å². The maximum atomic E-state index is 4.65. The van der Waals surface area contributed by atoms with Gasteiger partial charge in [0.1, 0.15) is 0 Å². The van der Waals surface area contributed by atoms with Gasteiger partial charge >= 0.3 is 0 Å². The predicted molar refractivity (Wildman–Crippen MR) is 88.7 cm³/mol. The fourth-order valence-corrected chi connectivity index (χ4v) is 2.78. The summed E-state index contributed by atoms with van der Waals surface area (Å²) >= 11 is 0. The molecule has 110 valence electrons. The zero-order chi connectivity index (χ0) is 15.2. The van der Waals surface area contributed by atoms with Crippen molar-refractivity contribution in [3.05, 3.63) is 89.5 Å². The van der Waals surface area contributed by atoms with Crippen molar-refractivity contribution in [2.45, 2.75) is 0 Å². The van der Waals surface area contributed by atoms with Gasteiger partial charge in [-0.25, -0.2) is 4.99 Å². The molecule has 2 aromatic heterocycles. The Kier molecular flexibility index (Phi) is 2.49. The largest absolute Gasteiger partial charge is 0.354 e. The van der Waals surface area contributed by atoms with Crippen molar-refractivity contribution in [1.82, 2.24) is 19.8 Å². The van der Waals surface area contributed by atoms with E-state index >= 15 is 0 Å². The summed E-state index contributed by atoms with van der Waals surface area (Å²) in [5, 5.41) is 2.06. The van der Waals surface area contributed by atoms with E-state index in [1.807, 2.05) is 52.8 Å². The molecule has 5 heteroatoms. The van der Waals surface area contributed by atoms with Gasteiger partial charge in [0.05, 0.1) is 22.5 Å². The Morgan fingerprint density at radius 2 is 1.74 bits per heavy atom. The smallest absolute Gasteiger partial charge is 0.216 e. The van der Waals surface area contributed by atoms with Crippen LogP contribution in [-0.2, 0) is 0 Å². The normalized spacial score (nSPS) is 23.3. The van der Waals surface area contributed by atoms with Crippen molar-refractivity contribution >= 4 is 18.0 Å². The third-order valence-corrected chi connectivity index (χ3v) is 3.86. The van der Waals surface area contributed by atoms with Crippen LogP contribution in [0, 0.1) is 6.67 Å². The van der Waals surface area contributed by atoms with E-state index in [1.54, 1.807) is 0 Å². The summed E-state index contributed by atoms with van der Waals surface area (Å²) in [6, 6.07) is 8.22. The van der Waals surface area contributed by atoms with Crippen LogP contribution in [0.15, 0.2) is 65.7 Å². The van der Waals surface area contributed by atoms with E-state index in [2.05, 4.69) is 45.9 Å². The van der Waals surface area contributed by atoms with Gasteiger partial charge in [-0.3, -0.25) is 0 Å². The Bertz CT molecular complexity index is 1010. The third-order valence-electron chi connectivity index (χ3n) is 3.86. The van der Waals surface area contributed by atoms with Crippen LogP contribution in [0.5, 0.6) is 0 Å². The number of aromatic nitrogens is 2. The lowest BCUT2D eigenvalue weighted by atomic mass is 10.3. The minimum absolute atomic E-state index is 0.899. The molecule has 0 fully saturated rings. The van der Waals surface area contributed by atoms with Crippen LogP contribution in [-0.4, -0.2) is 25.5 Å². The highest BCUT2D eigenvalue weighted by Gasteiger charge is 2.14. The lowest BCUT2D eigenvalue weighted by Gasteiger charge is -2.11. The molecular formula is C18H13N5. The van der Waals surface area contributed by atoms with Crippen LogP contribution in [0.2, 0.25) is 0 Å². The molecule has 5 heterocycles. The monoisotopic (exact) mass is 299 g/mol. The lowest BCUT2D eigenvalue weighted by molar-refractivity contribution is 0.513. The highest BCUT2D eigenvalue weighted by atomic mass is 15.3. The molecule has 0 aliphatic carbocycles. The quantitative estimate of drug-likeness (QED) is 0.768. The molecule has 0 saturated carbocycles. The fourth-order valence-electron chi connectivity index (χ4n) is 2.78. The number of rotatable bonds is 0. The molecule has 0 amide bonds. The minimum Gasteiger partial charge on any atom is -0.354 e. The summed E-state index contributed by atoms with van der Waals surface area (Å²) in [7, 11) is 0.